The number of carbonyl (C=O) groups excluding carboxylic acids is 1. The van der Waals surface area contributed by atoms with Gasteiger partial charge in [-0.05, 0) is 29.3 Å². The third kappa shape index (κ3) is 2.89. The molecule has 1 amide bonds. The third-order valence-corrected chi connectivity index (χ3v) is 5.15. The second kappa shape index (κ2) is 7.19. The van der Waals surface area contributed by atoms with E-state index >= 15 is 0 Å². The molecule has 0 spiro atoms. The van der Waals surface area contributed by atoms with Gasteiger partial charge >= 0.3 is 0 Å². The maximum atomic E-state index is 13.6. The molecule has 1 heterocycles. The van der Waals surface area contributed by atoms with Gasteiger partial charge in [-0.15, -0.1) is 0 Å². The number of amides is 1. The van der Waals surface area contributed by atoms with Gasteiger partial charge in [0.25, 0.3) is 5.91 Å². The van der Waals surface area contributed by atoms with Crippen LogP contribution in [0, 0.1) is 5.82 Å². The average molecular weight is 377 g/mol. The number of para-hydroxylation sites is 1. The van der Waals surface area contributed by atoms with Crippen molar-refractivity contribution < 1.29 is 19.0 Å². The minimum atomic E-state index is -1.62. The molecule has 2 unspecified atom stereocenters. The quantitative estimate of drug-likeness (QED) is 0.756. The van der Waals surface area contributed by atoms with Crippen LogP contribution in [0.2, 0.25) is 0 Å². The van der Waals surface area contributed by atoms with Crippen molar-refractivity contribution in [2.75, 3.05) is 12.0 Å². The van der Waals surface area contributed by atoms with Gasteiger partial charge in [0.15, 0.2) is 11.7 Å². The van der Waals surface area contributed by atoms with E-state index in [1.54, 1.807) is 36.4 Å². The molecule has 28 heavy (non-hydrogen) atoms. The Bertz CT molecular complexity index is 1010. The van der Waals surface area contributed by atoms with E-state index in [0.29, 0.717) is 22.4 Å². The molecular formula is C23H20FNO3. The molecule has 1 aliphatic heterocycles. The highest BCUT2D eigenvalue weighted by Gasteiger charge is 2.52. The van der Waals surface area contributed by atoms with E-state index in [1.807, 2.05) is 30.3 Å². The molecule has 0 bridgehead atoms. The summed E-state index contributed by atoms with van der Waals surface area (Å²) in [5.74, 6) is -0.740. The summed E-state index contributed by atoms with van der Waals surface area (Å²) in [5, 5.41) is 11.7. The summed E-state index contributed by atoms with van der Waals surface area (Å²) in [6.45, 7) is 0.179. The van der Waals surface area contributed by atoms with Crippen LogP contribution in [-0.2, 0) is 21.7 Å². The maximum Gasteiger partial charge on any atom is 0.260 e. The normalized spacial score (nSPS) is 21.5. The number of hydrogen-bond donors (Lipinski definition) is 1. The average Bonchev–Trinajstić information content (AvgIpc) is 2.72. The monoisotopic (exact) mass is 377 g/mol. The van der Waals surface area contributed by atoms with E-state index in [2.05, 4.69) is 0 Å². The van der Waals surface area contributed by atoms with Gasteiger partial charge in [-0.1, -0.05) is 60.7 Å². The summed E-state index contributed by atoms with van der Waals surface area (Å²) in [6, 6.07) is 22.4. The zero-order chi connectivity index (χ0) is 19.7. The number of methoxy groups -OCH3 is 1. The van der Waals surface area contributed by atoms with Crippen LogP contribution in [0.3, 0.4) is 0 Å². The molecule has 0 radical (unpaired) electrons. The second-order valence-corrected chi connectivity index (χ2v) is 6.82. The number of fused-ring (bicyclic) bond motifs is 1. The summed E-state index contributed by atoms with van der Waals surface area (Å²) in [6.07, 6.45) is -1.13. The van der Waals surface area contributed by atoms with Crippen LogP contribution in [0.15, 0.2) is 78.9 Å². The van der Waals surface area contributed by atoms with Crippen molar-refractivity contribution in [3.63, 3.8) is 0 Å². The highest BCUT2D eigenvalue weighted by atomic mass is 19.1. The van der Waals surface area contributed by atoms with E-state index in [9.17, 15) is 14.3 Å². The smallest absolute Gasteiger partial charge is 0.260 e. The molecule has 0 fully saturated rings. The fourth-order valence-corrected chi connectivity index (χ4v) is 3.86. The Hall–Kier alpha value is -3.02. The summed E-state index contributed by atoms with van der Waals surface area (Å²) < 4.78 is 19.1. The molecule has 142 valence electrons. The zero-order valence-electron chi connectivity index (χ0n) is 15.4. The van der Waals surface area contributed by atoms with Crippen LogP contribution in [0.5, 0.6) is 0 Å². The standard InChI is InChI=1S/C23H20FNO3/c1-28-21-22(26)25(15-16-8-7-11-18(24)14-16)20-13-6-5-12-19(20)23(21,27)17-9-3-2-4-10-17/h2-14,21,27H,15H2,1H3. The molecule has 0 saturated heterocycles. The highest BCUT2D eigenvalue weighted by Crippen LogP contribution is 2.44. The van der Waals surface area contributed by atoms with Crippen LogP contribution in [0.25, 0.3) is 0 Å². The van der Waals surface area contributed by atoms with Gasteiger partial charge in [-0.25, -0.2) is 4.39 Å². The van der Waals surface area contributed by atoms with Crippen LogP contribution in [-0.4, -0.2) is 24.2 Å². The van der Waals surface area contributed by atoms with E-state index in [-0.39, 0.29) is 18.3 Å². The van der Waals surface area contributed by atoms with E-state index in [0.717, 1.165) is 0 Å². The Labute approximate surface area is 162 Å². The lowest BCUT2D eigenvalue weighted by molar-refractivity contribution is -0.145. The fraction of sp³-hybridized carbons (Fsp3) is 0.174. The molecule has 4 nitrogen and oxygen atoms in total. The molecule has 5 heteroatoms. The number of benzene rings is 3. The van der Waals surface area contributed by atoms with Crippen LogP contribution in [0.4, 0.5) is 10.1 Å². The molecule has 4 rings (SSSR count). The van der Waals surface area contributed by atoms with Gasteiger partial charge in [0.05, 0.1) is 12.2 Å². The lowest BCUT2D eigenvalue weighted by atomic mass is 9.77. The molecule has 3 aromatic rings. The molecule has 1 aliphatic rings. The van der Waals surface area contributed by atoms with Gasteiger partial charge in [0.1, 0.15) is 5.82 Å². The number of aliphatic hydroxyl groups is 1. The maximum absolute atomic E-state index is 13.6. The van der Waals surface area contributed by atoms with E-state index in [4.69, 9.17) is 4.74 Å². The lowest BCUT2D eigenvalue weighted by Crippen LogP contribution is -2.57. The Morgan fingerprint density at radius 2 is 1.75 bits per heavy atom. The Balaban J connectivity index is 1.87. The summed E-state index contributed by atoms with van der Waals surface area (Å²) >= 11 is 0. The predicted octanol–water partition coefficient (Wildman–Crippen LogP) is 3.62. The number of carbonyl (C=O) groups is 1. The largest absolute Gasteiger partial charge is 0.377 e. The first-order chi connectivity index (χ1) is 13.6. The number of hydrogen-bond acceptors (Lipinski definition) is 3. The zero-order valence-corrected chi connectivity index (χ0v) is 15.4. The van der Waals surface area contributed by atoms with Crippen molar-refractivity contribution in [1.82, 2.24) is 0 Å². The van der Waals surface area contributed by atoms with Gasteiger partial charge in [-0.2, -0.15) is 0 Å². The molecule has 2 atom stereocenters. The molecule has 0 aliphatic carbocycles. The first-order valence-electron chi connectivity index (χ1n) is 9.01. The first-order valence-corrected chi connectivity index (χ1v) is 9.01. The van der Waals surface area contributed by atoms with Crippen molar-refractivity contribution in [2.45, 2.75) is 18.2 Å². The number of nitrogens with zero attached hydrogens (tertiary/aromatic N) is 1. The first kappa shape index (κ1) is 18.3. The van der Waals surface area contributed by atoms with Crippen LogP contribution in [0.1, 0.15) is 16.7 Å². The fourth-order valence-electron chi connectivity index (χ4n) is 3.86. The lowest BCUT2D eigenvalue weighted by Gasteiger charge is -2.44. The summed E-state index contributed by atoms with van der Waals surface area (Å²) in [5.41, 5.74) is 0.763. The van der Waals surface area contributed by atoms with Crippen molar-refractivity contribution in [3.05, 3.63) is 101 Å². The van der Waals surface area contributed by atoms with Crippen molar-refractivity contribution in [1.29, 1.82) is 0 Å². The number of rotatable bonds is 4. The molecule has 0 saturated carbocycles. The molecular weight excluding hydrogens is 357 g/mol. The number of anilines is 1. The van der Waals surface area contributed by atoms with Gasteiger partial charge in [-0.3, -0.25) is 4.79 Å². The van der Waals surface area contributed by atoms with Gasteiger partial charge < -0.3 is 14.7 Å². The van der Waals surface area contributed by atoms with Crippen molar-refractivity contribution in [3.8, 4) is 0 Å². The van der Waals surface area contributed by atoms with Gasteiger partial charge in [0, 0.05) is 12.7 Å². The van der Waals surface area contributed by atoms with Crippen LogP contribution >= 0.6 is 0 Å². The van der Waals surface area contributed by atoms with Gasteiger partial charge in [0.2, 0.25) is 0 Å². The SMILES string of the molecule is COC1C(=O)N(Cc2cccc(F)c2)c2ccccc2C1(O)c1ccccc1. The minimum Gasteiger partial charge on any atom is -0.377 e. The number of ether oxygens (including phenoxy) is 1. The summed E-state index contributed by atoms with van der Waals surface area (Å²) in [4.78, 5) is 14.9. The Kier molecular flexibility index (Phi) is 4.71. The van der Waals surface area contributed by atoms with E-state index < -0.39 is 11.7 Å². The van der Waals surface area contributed by atoms with Crippen LogP contribution < -0.4 is 4.90 Å². The number of halogens is 1. The topological polar surface area (TPSA) is 49.8 Å². The Morgan fingerprint density at radius 1 is 1.04 bits per heavy atom. The minimum absolute atomic E-state index is 0.179. The highest BCUT2D eigenvalue weighted by molar-refractivity contribution is 6.01. The van der Waals surface area contributed by atoms with Crippen molar-refractivity contribution in [2.24, 2.45) is 0 Å². The third-order valence-electron chi connectivity index (χ3n) is 5.15. The molecule has 0 aromatic heterocycles. The predicted molar refractivity (Wildman–Crippen MR) is 104 cm³/mol. The van der Waals surface area contributed by atoms with Crippen molar-refractivity contribution >= 4 is 11.6 Å². The van der Waals surface area contributed by atoms with E-state index in [1.165, 1.54) is 24.1 Å². The molecule has 1 N–H and O–H groups in total. The summed E-state index contributed by atoms with van der Waals surface area (Å²) in [7, 11) is 1.41. The second-order valence-electron chi connectivity index (χ2n) is 6.82. The molecule has 3 aromatic carbocycles. The Morgan fingerprint density at radius 3 is 2.46 bits per heavy atom.